The van der Waals surface area contributed by atoms with Crippen molar-refractivity contribution in [2.75, 3.05) is 11.9 Å². The maximum absolute atomic E-state index is 11.7. The minimum absolute atomic E-state index is 0.433. The lowest BCUT2D eigenvalue weighted by Crippen LogP contribution is -2.36. The smallest absolute Gasteiger partial charge is 0.284 e. The van der Waals surface area contributed by atoms with Crippen LogP contribution in [0.25, 0.3) is 10.9 Å². The molecule has 0 saturated carbocycles. The van der Waals surface area contributed by atoms with Gasteiger partial charge in [0.15, 0.2) is 6.10 Å². The van der Waals surface area contributed by atoms with Crippen LogP contribution in [0.1, 0.15) is 19.2 Å². The Bertz CT molecular complexity index is 961. The topological polar surface area (TPSA) is 87.6 Å². The van der Waals surface area contributed by atoms with Crippen molar-refractivity contribution in [3.8, 4) is 5.75 Å². The maximum Gasteiger partial charge on any atom is 0.284 e. The molecule has 1 aromatic heterocycles. The first-order chi connectivity index (χ1) is 13.0. The van der Waals surface area contributed by atoms with Gasteiger partial charge in [0.1, 0.15) is 17.4 Å². The standard InChI is InChI=1S/C20H22N4O3/c1-4-18(20(25)23-26)27-15-9-7-8-14(12-15)24(3)19-16-10-5-6-11-17(16)21-13(2)22-19/h5-12,18,26H,4H2,1-3H3,(H,23,25). The number of nitrogens with zero attached hydrogens (tertiary/aromatic N) is 3. The summed E-state index contributed by atoms with van der Waals surface area (Å²) in [5, 5.41) is 9.78. The minimum Gasteiger partial charge on any atom is -0.480 e. The molecule has 2 N–H and O–H groups in total. The van der Waals surface area contributed by atoms with Gasteiger partial charge in [-0.3, -0.25) is 10.0 Å². The van der Waals surface area contributed by atoms with Crippen molar-refractivity contribution < 1.29 is 14.7 Å². The van der Waals surface area contributed by atoms with E-state index in [4.69, 9.17) is 9.94 Å². The van der Waals surface area contributed by atoms with Crippen LogP contribution >= 0.6 is 0 Å². The highest BCUT2D eigenvalue weighted by Crippen LogP contribution is 2.30. The Balaban J connectivity index is 1.95. The van der Waals surface area contributed by atoms with Crippen LogP contribution in [0.15, 0.2) is 48.5 Å². The molecule has 3 rings (SSSR count). The molecular formula is C20H22N4O3. The maximum atomic E-state index is 11.7. The number of ether oxygens (including phenoxy) is 1. The second-order valence-corrected chi connectivity index (χ2v) is 6.16. The van der Waals surface area contributed by atoms with E-state index in [0.29, 0.717) is 18.0 Å². The largest absolute Gasteiger partial charge is 0.480 e. The molecule has 0 aliphatic heterocycles. The summed E-state index contributed by atoms with van der Waals surface area (Å²) in [5.41, 5.74) is 3.37. The first-order valence-corrected chi connectivity index (χ1v) is 8.71. The molecule has 27 heavy (non-hydrogen) atoms. The number of para-hydroxylation sites is 1. The number of anilines is 2. The number of benzene rings is 2. The van der Waals surface area contributed by atoms with E-state index in [1.54, 1.807) is 11.5 Å². The highest BCUT2D eigenvalue weighted by atomic mass is 16.5. The van der Waals surface area contributed by atoms with Gasteiger partial charge in [0, 0.05) is 24.2 Å². The molecule has 0 fully saturated rings. The van der Waals surface area contributed by atoms with Crippen molar-refractivity contribution in [2.45, 2.75) is 26.4 Å². The van der Waals surface area contributed by atoms with Crippen molar-refractivity contribution in [2.24, 2.45) is 0 Å². The third-order valence-corrected chi connectivity index (χ3v) is 4.27. The van der Waals surface area contributed by atoms with Crippen molar-refractivity contribution in [3.63, 3.8) is 0 Å². The fourth-order valence-corrected chi connectivity index (χ4v) is 2.87. The zero-order valence-corrected chi connectivity index (χ0v) is 15.5. The van der Waals surface area contributed by atoms with Crippen LogP contribution in [-0.4, -0.2) is 34.2 Å². The molecule has 1 atom stereocenters. The van der Waals surface area contributed by atoms with Crippen LogP contribution in [0.2, 0.25) is 0 Å². The number of aryl methyl sites for hydroxylation is 1. The Morgan fingerprint density at radius 2 is 2.00 bits per heavy atom. The van der Waals surface area contributed by atoms with Crippen LogP contribution in [0, 0.1) is 6.92 Å². The lowest BCUT2D eigenvalue weighted by molar-refractivity contribution is -0.136. The lowest BCUT2D eigenvalue weighted by Gasteiger charge is -2.22. The fourth-order valence-electron chi connectivity index (χ4n) is 2.87. The molecule has 0 aliphatic rings. The summed E-state index contributed by atoms with van der Waals surface area (Å²) in [6, 6.07) is 15.2. The van der Waals surface area contributed by atoms with E-state index in [1.165, 1.54) is 0 Å². The van der Waals surface area contributed by atoms with Crippen molar-refractivity contribution in [3.05, 3.63) is 54.4 Å². The molecule has 1 heterocycles. The van der Waals surface area contributed by atoms with Crippen molar-refractivity contribution >= 4 is 28.3 Å². The predicted molar refractivity (Wildman–Crippen MR) is 103 cm³/mol. The van der Waals surface area contributed by atoms with Gasteiger partial charge < -0.3 is 9.64 Å². The van der Waals surface area contributed by atoms with Gasteiger partial charge in [-0.1, -0.05) is 25.1 Å². The van der Waals surface area contributed by atoms with Gasteiger partial charge in [-0.2, -0.15) is 0 Å². The third-order valence-electron chi connectivity index (χ3n) is 4.27. The summed E-state index contributed by atoms with van der Waals surface area (Å²) in [6.07, 6.45) is -0.333. The van der Waals surface area contributed by atoms with Crippen LogP contribution in [0.4, 0.5) is 11.5 Å². The van der Waals surface area contributed by atoms with Crippen LogP contribution in [0.5, 0.6) is 5.75 Å². The van der Waals surface area contributed by atoms with Gasteiger partial charge in [0.25, 0.3) is 5.91 Å². The molecule has 140 valence electrons. The average Bonchev–Trinajstić information content (AvgIpc) is 2.70. The van der Waals surface area contributed by atoms with E-state index in [2.05, 4.69) is 9.97 Å². The van der Waals surface area contributed by atoms with E-state index < -0.39 is 12.0 Å². The van der Waals surface area contributed by atoms with Gasteiger partial charge >= 0.3 is 0 Å². The summed E-state index contributed by atoms with van der Waals surface area (Å²) >= 11 is 0. The number of hydroxylamine groups is 1. The number of hydrogen-bond donors (Lipinski definition) is 2. The van der Waals surface area contributed by atoms with E-state index >= 15 is 0 Å². The molecule has 0 spiro atoms. The SMILES string of the molecule is CCC(Oc1cccc(N(C)c2nc(C)nc3ccccc23)c1)C(=O)NO. The normalized spacial score (nSPS) is 11.9. The molecule has 0 saturated heterocycles. The van der Waals surface area contributed by atoms with Crippen molar-refractivity contribution in [1.82, 2.24) is 15.4 Å². The minimum atomic E-state index is -0.766. The highest BCUT2D eigenvalue weighted by Gasteiger charge is 2.18. The summed E-state index contributed by atoms with van der Waals surface area (Å²) in [5.74, 6) is 1.43. The first-order valence-electron chi connectivity index (χ1n) is 8.71. The molecule has 3 aromatic rings. The molecule has 0 bridgehead atoms. The van der Waals surface area contributed by atoms with Crippen LogP contribution < -0.4 is 15.1 Å². The lowest BCUT2D eigenvalue weighted by atomic mass is 10.2. The van der Waals surface area contributed by atoms with E-state index in [0.717, 1.165) is 22.4 Å². The Morgan fingerprint density at radius 3 is 2.74 bits per heavy atom. The van der Waals surface area contributed by atoms with Crippen molar-refractivity contribution in [1.29, 1.82) is 0 Å². The Kier molecular flexibility index (Phi) is 5.52. The average molecular weight is 366 g/mol. The Morgan fingerprint density at radius 1 is 1.22 bits per heavy atom. The van der Waals surface area contributed by atoms with E-state index in [1.807, 2.05) is 68.3 Å². The number of rotatable bonds is 6. The zero-order chi connectivity index (χ0) is 19.4. The van der Waals surface area contributed by atoms with E-state index in [-0.39, 0.29) is 0 Å². The summed E-state index contributed by atoms with van der Waals surface area (Å²) in [7, 11) is 1.92. The summed E-state index contributed by atoms with van der Waals surface area (Å²) in [4.78, 5) is 22.7. The number of amides is 1. The van der Waals surface area contributed by atoms with E-state index in [9.17, 15) is 4.79 Å². The zero-order valence-electron chi connectivity index (χ0n) is 15.5. The second kappa shape index (κ2) is 8.01. The predicted octanol–water partition coefficient (Wildman–Crippen LogP) is 3.37. The van der Waals surface area contributed by atoms with Gasteiger partial charge in [0.2, 0.25) is 0 Å². The number of aromatic nitrogens is 2. The monoisotopic (exact) mass is 366 g/mol. The van der Waals surface area contributed by atoms with Gasteiger partial charge in [-0.05, 0) is 37.6 Å². The summed E-state index contributed by atoms with van der Waals surface area (Å²) < 4.78 is 5.72. The van der Waals surface area contributed by atoms with Crippen LogP contribution in [-0.2, 0) is 4.79 Å². The number of carbonyl (C=O) groups is 1. The summed E-state index contributed by atoms with van der Waals surface area (Å²) in [6.45, 7) is 3.67. The first kappa shape index (κ1) is 18.6. The molecule has 0 radical (unpaired) electrons. The highest BCUT2D eigenvalue weighted by molar-refractivity contribution is 5.91. The molecule has 1 unspecified atom stereocenters. The fraction of sp³-hybridized carbons (Fsp3) is 0.250. The Hall–Kier alpha value is -3.19. The van der Waals surface area contributed by atoms with Gasteiger partial charge in [0.05, 0.1) is 5.52 Å². The number of carbonyl (C=O) groups excluding carboxylic acids is 1. The molecule has 7 nitrogen and oxygen atoms in total. The molecule has 2 aromatic carbocycles. The molecule has 1 amide bonds. The second-order valence-electron chi connectivity index (χ2n) is 6.16. The number of nitrogens with one attached hydrogen (secondary N) is 1. The third kappa shape index (κ3) is 3.98. The molecule has 7 heteroatoms. The number of hydrogen-bond acceptors (Lipinski definition) is 6. The quantitative estimate of drug-likeness (QED) is 0.514. The van der Waals surface area contributed by atoms with Gasteiger partial charge in [-0.15, -0.1) is 0 Å². The molecule has 0 aliphatic carbocycles. The Labute approximate surface area is 157 Å². The van der Waals surface area contributed by atoms with Crippen LogP contribution in [0.3, 0.4) is 0 Å². The number of fused-ring (bicyclic) bond motifs is 1. The van der Waals surface area contributed by atoms with Gasteiger partial charge in [-0.25, -0.2) is 15.4 Å². The molecular weight excluding hydrogens is 344 g/mol.